The third kappa shape index (κ3) is 4.70. The Bertz CT molecular complexity index is 1080. The quantitative estimate of drug-likeness (QED) is 0.488. The molecular weight excluding hydrogens is 389 g/mol. The first kappa shape index (κ1) is 18.9. The lowest BCUT2D eigenvalue weighted by Crippen LogP contribution is -2.23. The molecule has 0 aliphatic heterocycles. The van der Waals surface area contributed by atoms with Crippen LogP contribution in [0, 0.1) is 5.82 Å². The highest BCUT2D eigenvalue weighted by Gasteiger charge is 2.19. The summed E-state index contributed by atoms with van der Waals surface area (Å²) >= 11 is 1.57. The molecule has 146 valence electrons. The molecule has 1 N–H and O–H groups in total. The zero-order valence-corrected chi connectivity index (χ0v) is 16.2. The Morgan fingerprint density at radius 1 is 1.07 bits per heavy atom. The van der Waals surface area contributed by atoms with Crippen LogP contribution in [-0.4, -0.2) is 15.7 Å². The van der Waals surface area contributed by atoms with Gasteiger partial charge in [-0.05, 0) is 41.3 Å². The number of carbonyl (C=O) groups is 1. The van der Waals surface area contributed by atoms with E-state index in [-0.39, 0.29) is 17.4 Å². The molecule has 2 heterocycles. The van der Waals surface area contributed by atoms with Crippen LogP contribution in [0.4, 0.5) is 4.39 Å². The van der Waals surface area contributed by atoms with Gasteiger partial charge in [0.1, 0.15) is 12.4 Å². The summed E-state index contributed by atoms with van der Waals surface area (Å²) in [7, 11) is 0. The molecule has 7 heteroatoms. The Balaban J connectivity index is 1.57. The van der Waals surface area contributed by atoms with E-state index in [1.807, 2.05) is 47.8 Å². The van der Waals surface area contributed by atoms with Gasteiger partial charge in [0, 0.05) is 4.88 Å². The monoisotopic (exact) mass is 407 g/mol. The summed E-state index contributed by atoms with van der Waals surface area (Å²) in [6.07, 6.45) is 1.64. The highest BCUT2D eigenvalue weighted by molar-refractivity contribution is 7.09. The Labute approximate surface area is 171 Å². The second-order valence-corrected chi connectivity index (χ2v) is 7.33. The average Bonchev–Trinajstić information content (AvgIpc) is 3.42. The maximum atomic E-state index is 13.2. The number of rotatable bonds is 7. The first-order valence-corrected chi connectivity index (χ1v) is 9.90. The molecule has 0 saturated heterocycles. The van der Waals surface area contributed by atoms with Crippen molar-refractivity contribution in [2.45, 2.75) is 13.2 Å². The van der Waals surface area contributed by atoms with Crippen molar-refractivity contribution >= 4 is 17.2 Å². The summed E-state index contributed by atoms with van der Waals surface area (Å²) in [6, 6.07) is 19.4. The third-order valence-corrected chi connectivity index (χ3v) is 5.10. The highest BCUT2D eigenvalue weighted by atomic mass is 32.1. The summed E-state index contributed by atoms with van der Waals surface area (Å²) in [5.74, 6) is -0.306. The van der Waals surface area contributed by atoms with Gasteiger partial charge in [-0.3, -0.25) is 4.79 Å². The van der Waals surface area contributed by atoms with E-state index in [1.54, 1.807) is 29.7 Å². The topological polar surface area (TPSA) is 56.2 Å². The Kier molecular flexibility index (Phi) is 5.67. The normalized spacial score (nSPS) is 10.7. The molecule has 0 radical (unpaired) electrons. The Morgan fingerprint density at radius 2 is 1.86 bits per heavy atom. The molecule has 5 nitrogen and oxygen atoms in total. The molecule has 0 unspecified atom stereocenters. The van der Waals surface area contributed by atoms with Crippen molar-refractivity contribution in [1.29, 1.82) is 0 Å². The van der Waals surface area contributed by atoms with Gasteiger partial charge in [0.25, 0.3) is 5.91 Å². The predicted octanol–water partition coefficient (Wildman–Crippen LogP) is 4.58. The van der Waals surface area contributed by atoms with Crippen molar-refractivity contribution in [3.63, 3.8) is 0 Å². The molecule has 2 aromatic heterocycles. The number of hydrogen-bond donors (Lipinski definition) is 1. The van der Waals surface area contributed by atoms with Gasteiger partial charge in [-0.1, -0.05) is 36.4 Å². The molecule has 4 aromatic rings. The van der Waals surface area contributed by atoms with E-state index in [2.05, 4.69) is 10.4 Å². The van der Waals surface area contributed by atoms with Crippen molar-refractivity contribution in [2.75, 3.05) is 0 Å². The number of benzene rings is 2. The standard InChI is InChI=1S/C22H18FN3O2S/c23-17-8-10-18(11-9-17)26-14-20(28-15-16-5-2-1-3-6-16)21(25-26)22(27)24-13-19-7-4-12-29-19/h1-12,14H,13,15H2,(H,24,27). The van der Waals surface area contributed by atoms with E-state index in [4.69, 9.17) is 4.74 Å². The lowest BCUT2D eigenvalue weighted by molar-refractivity contribution is 0.0941. The van der Waals surface area contributed by atoms with Crippen LogP contribution in [0.1, 0.15) is 20.9 Å². The van der Waals surface area contributed by atoms with Crippen LogP contribution in [0.15, 0.2) is 78.3 Å². The van der Waals surface area contributed by atoms with Gasteiger partial charge in [-0.2, -0.15) is 5.10 Å². The lowest BCUT2D eigenvalue weighted by Gasteiger charge is -2.06. The molecule has 0 aliphatic carbocycles. The van der Waals surface area contributed by atoms with E-state index in [0.717, 1.165) is 10.4 Å². The van der Waals surface area contributed by atoms with Gasteiger partial charge in [0.15, 0.2) is 11.4 Å². The molecule has 4 rings (SSSR count). The number of halogens is 1. The Morgan fingerprint density at radius 3 is 2.59 bits per heavy atom. The summed E-state index contributed by atoms with van der Waals surface area (Å²) in [5.41, 5.74) is 1.79. The van der Waals surface area contributed by atoms with Gasteiger partial charge in [-0.15, -0.1) is 11.3 Å². The van der Waals surface area contributed by atoms with Gasteiger partial charge >= 0.3 is 0 Å². The number of ether oxygens (including phenoxy) is 1. The Hall–Kier alpha value is -3.45. The van der Waals surface area contributed by atoms with Gasteiger partial charge in [0.2, 0.25) is 0 Å². The summed E-state index contributed by atoms with van der Waals surface area (Å²) < 4.78 is 20.6. The molecule has 2 aromatic carbocycles. The third-order valence-electron chi connectivity index (χ3n) is 4.23. The predicted molar refractivity (Wildman–Crippen MR) is 110 cm³/mol. The van der Waals surface area contributed by atoms with Crippen molar-refractivity contribution in [1.82, 2.24) is 15.1 Å². The van der Waals surface area contributed by atoms with Crippen LogP contribution < -0.4 is 10.1 Å². The van der Waals surface area contributed by atoms with Crippen molar-refractivity contribution < 1.29 is 13.9 Å². The molecule has 0 atom stereocenters. The van der Waals surface area contributed by atoms with Crippen molar-refractivity contribution in [2.24, 2.45) is 0 Å². The van der Waals surface area contributed by atoms with E-state index in [9.17, 15) is 9.18 Å². The number of carbonyl (C=O) groups excluding carboxylic acids is 1. The first-order chi connectivity index (χ1) is 14.2. The maximum Gasteiger partial charge on any atom is 0.275 e. The molecule has 0 bridgehead atoms. The highest BCUT2D eigenvalue weighted by Crippen LogP contribution is 2.22. The fourth-order valence-electron chi connectivity index (χ4n) is 2.75. The number of hydrogen-bond acceptors (Lipinski definition) is 4. The van der Waals surface area contributed by atoms with E-state index in [1.165, 1.54) is 16.8 Å². The molecule has 29 heavy (non-hydrogen) atoms. The molecule has 0 spiro atoms. The van der Waals surface area contributed by atoms with E-state index >= 15 is 0 Å². The molecule has 0 fully saturated rings. The van der Waals surface area contributed by atoms with Crippen LogP contribution in [0.25, 0.3) is 5.69 Å². The second-order valence-electron chi connectivity index (χ2n) is 6.30. The molecular formula is C22H18FN3O2S. The smallest absolute Gasteiger partial charge is 0.275 e. The zero-order chi connectivity index (χ0) is 20.1. The van der Waals surface area contributed by atoms with Crippen LogP contribution >= 0.6 is 11.3 Å². The summed E-state index contributed by atoms with van der Waals surface area (Å²) in [4.78, 5) is 13.8. The SMILES string of the molecule is O=C(NCc1cccs1)c1nn(-c2ccc(F)cc2)cc1OCc1ccccc1. The van der Waals surface area contributed by atoms with Crippen LogP contribution in [-0.2, 0) is 13.2 Å². The molecule has 1 amide bonds. The first-order valence-electron chi connectivity index (χ1n) is 9.02. The van der Waals surface area contributed by atoms with Crippen molar-refractivity contribution in [3.05, 3.63) is 100 Å². The fourth-order valence-corrected chi connectivity index (χ4v) is 3.39. The number of thiophene rings is 1. The van der Waals surface area contributed by atoms with Crippen molar-refractivity contribution in [3.8, 4) is 11.4 Å². The number of nitrogens with zero attached hydrogens (tertiary/aromatic N) is 2. The van der Waals surface area contributed by atoms with Gasteiger partial charge < -0.3 is 10.1 Å². The molecule has 0 aliphatic rings. The molecule has 0 saturated carbocycles. The summed E-state index contributed by atoms with van der Waals surface area (Å²) in [6.45, 7) is 0.721. The zero-order valence-electron chi connectivity index (χ0n) is 15.4. The fraction of sp³-hybridized carbons (Fsp3) is 0.0909. The summed E-state index contributed by atoms with van der Waals surface area (Å²) in [5, 5.41) is 9.21. The van der Waals surface area contributed by atoms with Gasteiger partial charge in [-0.25, -0.2) is 9.07 Å². The minimum atomic E-state index is -0.338. The number of aromatic nitrogens is 2. The average molecular weight is 407 g/mol. The maximum absolute atomic E-state index is 13.2. The minimum absolute atomic E-state index is 0.182. The minimum Gasteiger partial charge on any atom is -0.485 e. The van der Waals surface area contributed by atoms with Crippen LogP contribution in [0.5, 0.6) is 5.75 Å². The largest absolute Gasteiger partial charge is 0.485 e. The number of amides is 1. The van der Waals surface area contributed by atoms with E-state index < -0.39 is 0 Å². The van der Waals surface area contributed by atoms with Crippen LogP contribution in [0.2, 0.25) is 0 Å². The van der Waals surface area contributed by atoms with Gasteiger partial charge in [0.05, 0.1) is 18.4 Å². The number of nitrogens with one attached hydrogen (secondary N) is 1. The second kappa shape index (κ2) is 8.70. The van der Waals surface area contributed by atoms with Crippen LogP contribution in [0.3, 0.4) is 0 Å². The lowest BCUT2D eigenvalue weighted by atomic mass is 10.2. The van der Waals surface area contributed by atoms with E-state index in [0.29, 0.717) is 24.6 Å².